The summed E-state index contributed by atoms with van der Waals surface area (Å²) < 4.78 is 41.5. The number of ether oxygens (including phenoxy) is 2. The van der Waals surface area contributed by atoms with Gasteiger partial charge in [0.1, 0.15) is 16.4 Å². The van der Waals surface area contributed by atoms with E-state index >= 15 is 0 Å². The highest BCUT2D eigenvalue weighted by molar-refractivity contribution is 7.89. The first-order chi connectivity index (χ1) is 16.3. The zero-order valence-electron chi connectivity index (χ0n) is 18.8. The van der Waals surface area contributed by atoms with Crippen LogP contribution < -0.4 is 19.5 Å². The monoisotopic (exact) mass is 481 g/mol. The first kappa shape index (κ1) is 23.2. The maximum absolute atomic E-state index is 13.4. The average molecular weight is 482 g/mol. The highest BCUT2D eigenvalue weighted by Crippen LogP contribution is 2.28. The summed E-state index contributed by atoms with van der Waals surface area (Å²) in [6.07, 6.45) is 3.31. The molecule has 4 rings (SSSR count). The summed E-state index contributed by atoms with van der Waals surface area (Å²) in [6, 6.07) is 13.3. The van der Waals surface area contributed by atoms with Crippen LogP contribution >= 0.6 is 0 Å². The fourth-order valence-corrected chi connectivity index (χ4v) is 4.65. The van der Waals surface area contributed by atoms with Gasteiger partial charge in [-0.3, -0.25) is 4.79 Å². The van der Waals surface area contributed by atoms with Crippen molar-refractivity contribution >= 4 is 32.7 Å². The largest absolute Gasteiger partial charge is 0.497 e. The van der Waals surface area contributed by atoms with Crippen molar-refractivity contribution in [3.05, 3.63) is 66.5 Å². The van der Waals surface area contributed by atoms with Crippen LogP contribution in [0.5, 0.6) is 11.5 Å². The Labute approximate surface area is 196 Å². The van der Waals surface area contributed by atoms with Gasteiger partial charge in [-0.25, -0.2) is 22.8 Å². The van der Waals surface area contributed by atoms with E-state index in [-0.39, 0.29) is 17.3 Å². The van der Waals surface area contributed by atoms with Gasteiger partial charge in [-0.1, -0.05) is 6.07 Å². The molecule has 0 aliphatic heterocycles. The molecule has 0 saturated heterocycles. The number of carbonyl (C=O) groups is 1. The molecule has 34 heavy (non-hydrogen) atoms. The second kappa shape index (κ2) is 9.49. The molecular weight excluding hydrogens is 458 g/mol. The van der Waals surface area contributed by atoms with Gasteiger partial charge < -0.3 is 14.8 Å². The Kier molecular flexibility index (Phi) is 6.48. The lowest BCUT2D eigenvalue weighted by molar-refractivity contribution is -0.114. The summed E-state index contributed by atoms with van der Waals surface area (Å²) in [5.41, 5.74) is 1.75. The van der Waals surface area contributed by atoms with Crippen LogP contribution in [0.4, 0.5) is 5.69 Å². The third-order valence-corrected chi connectivity index (χ3v) is 6.47. The van der Waals surface area contributed by atoms with Crippen LogP contribution in [-0.4, -0.2) is 43.3 Å². The molecule has 2 N–H and O–H groups in total. The lowest BCUT2D eigenvalue weighted by Gasteiger charge is -2.15. The first-order valence-corrected chi connectivity index (χ1v) is 11.7. The summed E-state index contributed by atoms with van der Waals surface area (Å²) in [6.45, 7) is 1.32. The lowest BCUT2D eigenvalue weighted by Crippen LogP contribution is -2.25. The van der Waals surface area contributed by atoms with Crippen LogP contribution in [0.2, 0.25) is 0 Å². The van der Waals surface area contributed by atoms with E-state index in [0.717, 1.165) is 5.39 Å². The van der Waals surface area contributed by atoms with Gasteiger partial charge in [-0.15, -0.1) is 5.10 Å². The van der Waals surface area contributed by atoms with E-state index in [4.69, 9.17) is 9.47 Å². The third kappa shape index (κ3) is 4.85. The summed E-state index contributed by atoms with van der Waals surface area (Å²) >= 11 is 0. The van der Waals surface area contributed by atoms with E-state index in [0.29, 0.717) is 34.1 Å². The van der Waals surface area contributed by atoms with Gasteiger partial charge >= 0.3 is 0 Å². The molecule has 0 aliphatic carbocycles. The smallest absolute Gasteiger partial charge is 0.243 e. The second-order valence-corrected chi connectivity index (χ2v) is 9.09. The minimum atomic E-state index is -4.04. The van der Waals surface area contributed by atoms with Gasteiger partial charge in [-0.2, -0.15) is 0 Å². The molecule has 0 aliphatic rings. The number of hydrogen-bond acceptors (Lipinski definition) is 7. The SMILES string of the molecule is COc1ccc(CNS(=O)(=O)c2cc(NC(C)=O)ccc2-n2cc3cccnc3n2)c(OC)c1. The van der Waals surface area contributed by atoms with Crippen LogP contribution in [0.1, 0.15) is 12.5 Å². The van der Waals surface area contributed by atoms with Crippen LogP contribution in [0, 0.1) is 0 Å². The van der Waals surface area contributed by atoms with Crippen molar-refractivity contribution in [3.8, 4) is 17.2 Å². The molecule has 0 atom stereocenters. The Bertz CT molecular complexity index is 1430. The number of rotatable bonds is 8. The van der Waals surface area contributed by atoms with E-state index in [9.17, 15) is 13.2 Å². The molecule has 0 spiro atoms. The number of hydrogen-bond donors (Lipinski definition) is 2. The fraction of sp³-hybridized carbons (Fsp3) is 0.174. The van der Waals surface area contributed by atoms with E-state index in [2.05, 4.69) is 20.1 Å². The number of nitrogens with zero attached hydrogens (tertiary/aromatic N) is 3. The number of anilines is 1. The molecule has 176 valence electrons. The summed E-state index contributed by atoms with van der Waals surface area (Å²) in [4.78, 5) is 15.7. The van der Waals surface area contributed by atoms with Crippen LogP contribution in [0.25, 0.3) is 16.7 Å². The Morgan fingerprint density at radius 3 is 2.62 bits per heavy atom. The molecule has 0 radical (unpaired) electrons. The van der Waals surface area contributed by atoms with Crippen molar-refractivity contribution in [2.24, 2.45) is 0 Å². The number of aromatic nitrogens is 3. The zero-order chi connectivity index (χ0) is 24.3. The van der Waals surface area contributed by atoms with Crippen molar-refractivity contribution in [3.63, 3.8) is 0 Å². The summed E-state index contributed by atoms with van der Waals surface area (Å²) in [5, 5.41) is 7.78. The first-order valence-electron chi connectivity index (χ1n) is 10.2. The lowest BCUT2D eigenvalue weighted by atomic mass is 10.2. The highest BCUT2D eigenvalue weighted by Gasteiger charge is 2.22. The quantitative estimate of drug-likeness (QED) is 0.396. The number of pyridine rings is 1. The van der Waals surface area contributed by atoms with Gasteiger partial charge in [-0.05, 0) is 36.4 Å². The van der Waals surface area contributed by atoms with Crippen LogP contribution in [0.15, 0.2) is 65.8 Å². The van der Waals surface area contributed by atoms with Gasteiger partial charge in [0, 0.05) is 48.6 Å². The number of methoxy groups -OCH3 is 2. The standard InChI is InChI=1S/C23H23N5O5S/c1-15(29)26-18-7-9-20(28-14-17-5-4-10-24-23(17)27-28)22(11-18)34(30,31)25-13-16-6-8-19(32-2)12-21(16)33-3/h4-12,14,25H,13H2,1-3H3,(H,26,29). The molecule has 1 amide bonds. The molecule has 10 nitrogen and oxygen atoms in total. The topological polar surface area (TPSA) is 124 Å². The molecule has 0 unspecified atom stereocenters. The van der Waals surface area contributed by atoms with Crippen LogP contribution in [0.3, 0.4) is 0 Å². The minimum absolute atomic E-state index is 0.0258. The summed E-state index contributed by atoms with van der Waals surface area (Å²) in [7, 11) is -1.01. The fourth-order valence-electron chi connectivity index (χ4n) is 3.43. The number of nitrogens with one attached hydrogen (secondary N) is 2. The number of sulfonamides is 1. The number of fused-ring (bicyclic) bond motifs is 1. The minimum Gasteiger partial charge on any atom is -0.497 e. The number of benzene rings is 2. The van der Waals surface area contributed by atoms with Gasteiger partial charge in [0.05, 0.1) is 19.9 Å². The maximum Gasteiger partial charge on any atom is 0.243 e. The third-order valence-electron chi connectivity index (χ3n) is 5.04. The normalized spacial score (nSPS) is 11.4. The van der Waals surface area contributed by atoms with Gasteiger partial charge in [0.15, 0.2) is 5.65 Å². The van der Waals surface area contributed by atoms with Crippen molar-refractivity contribution in [2.75, 3.05) is 19.5 Å². The Hall–Kier alpha value is -3.96. The van der Waals surface area contributed by atoms with E-state index in [1.54, 1.807) is 48.8 Å². The predicted molar refractivity (Wildman–Crippen MR) is 127 cm³/mol. The number of amides is 1. The molecule has 4 aromatic rings. The molecule has 2 aromatic carbocycles. The molecule has 0 saturated carbocycles. The highest BCUT2D eigenvalue weighted by atomic mass is 32.2. The van der Waals surface area contributed by atoms with Gasteiger partial charge in [0.25, 0.3) is 0 Å². The van der Waals surface area contributed by atoms with E-state index < -0.39 is 10.0 Å². The summed E-state index contributed by atoms with van der Waals surface area (Å²) in [5.74, 6) is 0.757. The van der Waals surface area contributed by atoms with Crippen molar-refractivity contribution in [1.29, 1.82) is 0 Å². The molecule has 0 bridgehead atoms. The Morgan fingerprint density at radius 1 is 1.09 bits per heavy atom. The maximum atomic E-state index is 13.4. The molecular formula is C23H23N5O5S. The molecule has 2 aromatic heterocycles. The predicted octanol–water partition coefficient (Wildman–Crippen LogP) is 2.87. The van der Waals surface area contributed by atoms with Crippen molar-refractivity contribution in [1.82, 2.24) is 19.5 Å². The van der Waals surface area contributed by atoms with E-state index in [1.807, 2.05) is 6.07 Å². The second-order valence-electron chi connectivity index (χ2n) is 7.36. The van der Waals surface area contributed by atoms with Crippen molar-refractivity contribution < 1.29 is 22.7 Å². The number of carbonyl (C=O) groups excluding carboxylic acids is 1. The molecule has 0 fully saturated rings. The van der Waals surface area contributed by atoms with Gasteiger partial charge in [0.2, 0.25) is 15.9 Å². The van der Waals surface area contributed by atoms with E-state index in [1.165, 1.54) is 31.9 Å². The average Bonchev–Trinajstić information content (AvgIpc) is 3.26. The Balaban J connectivity index is 1.73. The zero-order valence-corrected chi connectivity index (χ0v) is 19.6. The molecule has 11 heteroatoms. The van der Waals surface area contributed by atoms with Crippen LogP contribution in [-0.2, 0) is 21.4 Å². The van der Waals surface area contributed by atoms with Crippen molar-refractivity contribution in [2.45, 2.75) is 18.4 Å². The Morgan fingerprint density at radius 2 is 1.91 bits per heavy atom. The molecule has 2 heterocycles.